The lowest BCUT2D eigenvalue weighted by Crippen LogP contribution is -2.40. The van der Waals surface area contributed by atoms with E-state index in [9.17, 15) is 4.79 Å². The molecule has 1 aliphatic carbocycles. The number of nitrogens with one attached hydrogen (secondary N) is 1. The van der Waals surface area contributed by atoms with Gasteiger partial charge in [-0.05, 0) is 37.3 Å². The zero-order chi connectivity index (χ0) is 17.9. The van der Waals surface area contributed by atoms with Gasteiger partial charge in [-0.1, -0.05) is 36.0 Å². The minimum Gasteiger partial charge on any atom is -0.341 e. The first kappa shape index (κ1) is 17.5. The van der Waals surface area contributed by atoms with E-state index in [1.54, 1.807) is 0 Å². The van der Waals surface area contributed by atoms with Crippen molar-refractivity contribution in [2.75, 3.05) is 31.9 Å². The number of carbonyl (C=O) groups is 1. The number of rotatable bonds is 4. The van der Waals surface area contributed by atoms with Crippen molar-refractivity contribution in [1.29, 1.82) is 0 Å². The molecule has 0 bridgehead atoms. The number of aromatic amines is 1. The number of amides is 1. The Morgan fingerprint density at radius 2 is 1.96 bits per heavy atom. The molecule has 2 aromatic rings. The zero-order valence-corrected chi connectivity index (χ0v) is 16.0. The van der Waals surface area contributed by atoms with Crippen molar-refractivity contribution >= 4 is 17.7 Å². The van der Waals surface area contributed by atoms with Crippen LogP contribution in [0.3, 0.4) is 0 Å². The molecule has 0 unspecified atom stereocenters. The molecule has 7 heteroatoms. The molecule has 0 spiro atoms. The van der Waals surface area contributed by atoms with Gasteiger partial charge in [-0.2, -0.15) is 0 Å². The Labute approximate surface area is 158 Å². The molecule has 1 fully saturated rings. The third-order valence-electron chi connectivity index (χ3n) is 5.33. The normalized spacial score (nSPS) is 18.7. The van der Waals surface area contributed by atoms with Crippen LogP contribution in [0.1, 0.15) is 23.4 Å². The number of thioether (sulfide) groups is 1. The highest BCUT2D eigenvalue weighted by molar-refractivity contribution is 7.99. The quantitative estimate of drug-likeness (QED) is 0.832. The first-order chi connectivity index (χ1) is 12.7. The smallest absolute Gasteiger partial charge is 0.233 e. The van der Waals surface area contributed by atoms with Crippen molar-refractivity contribution in [2.24, 2.45) is 0 Å². The predicted octanol–water partition coefficient (Wildman–Crippen LogP) is 1.91. The fourth-order valence-corrected chi connectivity index (χ4v) is 4.70. The standard InChI is InChI=1S/C19H25N5OS/c1-14-20-19(22-21-14)26-13-18(25)24-8-4-7-23(9-10-24)17-11-15-5-2-3-6-16(15)12-17/h2-3,5-6,17H,4,7-13H2,1H3,(H,20,21,22). The van der Waals surface area contributed by atoms with Crippen LogP contribution < -0.4 is 0 Å². The Bertz CT molecular complexity index is 752. The molecule has 138 valence electrons. The van der Waals surface area contributed by atoms with Gasteiger partial charge in [-0.25, -0.2) is 4.98 Å². The molecule has 1 aromatic heterocycles. The average molecular weight is 372 g/mol. The Morgan fingerprint density at radius 1 is 1.19 bits per heavy atom. The van der Waals surface area contributed by atoms with E-state index in [0.29, 0.717) is 17.0 Å². The number of H-pyrrole nitrogens is 1. The van der Waals surface area contributed by atoms with Crippen molar-refractivity contribution in [3.63, 3.8) is 0 Å². The molecule has 1 saturated heterocycles. The van der Waals surface area contributed by atoms with Crippen LogP contribution in [0, 0.1) is 6.92 Å². The molecule has 1 amide bonds. The van der Waals surface area contributed by atoms with E-state index in [4.69, 9.17) is 0 Å². The minimum atomic E-state index is 0.189. The highest BCUT2D eigenvalue weighted by Gasteiger charge is 2.28. The minimum absolute atomic E-state index is 0.189. The summed E-state index contributed by atoms with van der Waals surface area (Å²) in [5.74, 6) is 1.38. The Hall–Kier alpha value is -1.86. The average Bonchev–Trinajstić information content (AvgIpc) is 3.18. The van der Waals surface area contributed by atoms with E-state index < -0.39 is 0 Å². The van der Waals surface area contributed by atoms with E-state index in [1.807, 2.05) is 11.8 Å². The van der Waals surface area contributed by atoms with Crippen LogP contribution in [-0.4, -0.2) is 68.9 Å². The summed E-state index contributed by atoms with van der Waals surface area (Å²) in [4.78, 5) is 21.4. The molecule has 26 heavy (non-hydrogen) atoms. The predicted molar refractivity (Wildman–Crippen MR) is 102 cm³/mol. The molecule has 2 aliphatic rings. The summed E-state index contributed by atoms with van der Waals surface area (Å²) in [6, 6.07) is 9.37. The van der Waals surface area contributed by atoms with Gasteiger partial charge in [0.2, 0.25) is 11.1 Å². The van der Waals surface area contributed by atoms with Gasteiger partial charge in [-0.15, -0.1) is 5.10 Å². The molecule has 6 nitrogen and oxygen atoms in total. The van der Waals surface area contributed by atoms with Crippen LogP contribution in [0.25, 0.3) is 0 Å². The molecule has 0 radical (unpaired) electrons. The number of carbonyl (C=O) groups excluding carboxylic acids is 1. The molecule has 1 aliphatic heterocycles. The lowest BCUT2D eigenvalue weighted by atomic mass is 10.1. The second-order valence-electron chi connectivity index (χ2n) is 7.09. The summed E-state index contributed by atoms with van der Waals surface area (Å²) in [6.07, 6.45) is 3.33. The number of benzene rings is 1. The third kappa shape index (κ3) is 3.94. The first-order valence-electron chi connectivity index (χ1n) is 9.29. The monoisotopic (exact) mass is 371 g/mol. The molecule has 1 aromatic carbocycles. The fraction of sp³-hybridized carbons (Fsp3) is 0.526. The second kappa shape index (κ2) is 7.80. The molecular formula is C19H25N5OS. The molecule has 1 N–H and O–H groups in total. The second-order valence-corrected chi connectivity index (χ2v) is 8.04. The number of aryl methyl sites for hydroxylation is 1. The van der Waals surface area contributed by atoms with Crippen molar-refractivity contribution < 1.29 is 4.79 Å². The number of hydrogen-bond acceptors (Lipinski definition) is 5. The topological polar surface area (TPSA) is 65.1 Å². The van der Waals surface area contributed by atoms with E-state index >= 15 is 0 Å². The number of hydrogen-bond donors (Lipinski definition) is 1. The van der Waals surface area contributed by atoms with Gasteiger partial charge in [0.05, 0.1) is 5.75 Å². The van der Waals surface area contributed by atoms with Crippen molar-refractivity contribution in [3.05, 3.63) is 41.2 Å². The van der Waals surface area contributed by atoms with Crippen LogP contribution in [0.5, 0.6) is 0 Å². The SMILES string of the molecule is Cc1nc(SCC(=O)N2CCCN(C3Cc4ccccc4C3)CC2)n[nH]1. The molecule has 0 saturated carbocycles. The summed E-state index contributed by atoms with van der Waals surface area (Å²) in [7, 11) is 0. The summed E-state index contributed by atoms with van der Waals surface area (Å²) in [5, 5.41) is 7.55. The van der Waals surface area contributed by atoms with Gasteiger partial charge in [0.15, 0.2) is 0 Å². The summed E-state index contributed by atoms with van der Waals surface area (Å²) < 4.78 is 0. The summed E-state index contributed by atoms with van der Waals surface area (Å²) in [6.45, 7) is 5.58. The number of aromatic nitrogens is 3. The number of nitrogens with zero attached hydrogens (tertiary/aromatic N) is 4. The number of fused-ring (bicyclic) bond motifs is 1. The maximum Gasteiger partial charge on any atom is 0.233 e. The highest BCUT2D eigenvalue weighted by Crippen LogP contribution is 2.26. The Kier molecular flexibility index (Phi) is 5.26. The lowest BCUT2D eigenvalue weighted by Gasteiger charge is -2.27. The van der Waals surface area contributed by atoms with Crippen LogP contribution in [0.2, 0.25) is 0 Å². The fourth-order valence-electron chi connectivity index (χ4n) is 3.95. The first-order valence-corrected chi connectivity index (χ1v) is 10.3. The van der Waals surface area contributed by atoms with Crippen LogP contribution in [0.4, 0.5) is 0 Å². The molecule has 2 heterocycles. The van der Waals surface area contributed by atoms with Crippen molar-refractivity contribution in [1.82, 2.24) is 25.0 Å². The van der Waals surface area contributed by atoms with E-state index in [-0.39, 0.29) is 5.91 Å². The van der Waals surface area contributed by atoms with Gasteiger partial charge >= 0.3 is 0 Å². The maximum atomic E-state index is 12.6. The van der Waals surface area contributed by atoms with Gasteiger partial charge in [0, 0.05) is 32.2 Å². The van der Waals surface area contributed by atoms with E-state index in [0.717, 1.165) is 51.3 Å². The van der Waals surface area contributed by atoms with Gasteiger partial charge < -0.3 is 4.90 Å². The van der Waals surface area contributed by atoms with Gasteiger partial charge in [-0.3, -0.25) is 14.8 Å². The zero-order valence-electron chi connectivity index (χ0n) is 15.1. The third-order valence-corrected chi connectivity index (χ3v) is 6.16. The largest absolute Gasteiger partial charge is 0.341 e. The molecular weight excluding hydrogens is 346 g/mol. The Morgan fingerprint density at radius 3 is 2.65 bits per heavy atom. The highest BCUT2D eigenvalue weighted by atomic mass is 32.2. The van der Waals surface area contributed by atoms with Crippen LogP contribution >= 0.6 is 11.8 Å². The maximum absolute atomic E-state index is 12.6. The van der Waals surface area contributed by atoms with Gasteiger partial charge in [0.25, 0.3) is 0 Å². The van der Waals surface area contributed by atoms with Crippen molar-refractivity contribution in [3.8, 4) is 0 Å². The molecule has 4 rings (SSSR count). The Balaban J connectivity index is 1.29. The molecule has 0 atom stereocenters. The van der Waals surface area contributed by atoms with E-state index in [1.165, 1.54) is 22.9 Å². The summed E-state index contributed by atoms with van der Waals surface area (Å²) >= 11 is 1.41. The van der Waals surface area contributed by atoms with E-state index in [2.05, 4.69) is 44.3 Å². The van der Waals surface area contributed by atoms with Crippen LogP contribution in [0.15, 0.2) is 29.4 Å². The van der Waals surface area contributed by atoms with Crippen LogP contribution in [-0.2, 0) is 17.6 Å². The van der Waals surface area contributed by atoms with Gasteiger partial charge in [0.1, 0.15) is 5.82 Å². The van der Waals surface area contributed by atoms with Crippen molar-refractivity contribution in [2.45, 2.75) is 37.4 Å². The summed E-state index contributed by atoms with van der Waals surface area (Å²) in [5.41, 5.74) is 2.99. The lowest BCUT2D eigenvalue weighted by molar-refractivity contribution is -0.128.